The first kappa shape index (κ1) is 25.1. The number of benzene rings is 3. The van der Waals surface area contributed by atoms with Gasteiger partial charge < -0.3 is 18.9 Å². The van der Waals surface area contributed by atoms with Crippen molar-refractivity contribution >= 4 is 28.6 Å². The highest BCUT2D eigenvalue weighted by atomic mass is 32.2. The Labute approximate surface area is 210 Å². The molecule has 4 rings (SSSR count). The van der Waals surface area contributed by atoms with Gasteiger partial charge in [-0.3, -0.25) is 14.2 Å². The highest BCUT2D eigenvalue weighted by Crippen LogP contribution is 2.42. The maximum Gasteiger partial charge on any atom is 0.316 e. The number of esters is 1. The summed E-state index contributed by atoms with van der Waals surface area (Å²) in [5.74, 6) is -0.612. The molecule has 0 N–H and O–H groups in total. The maximum absolute atomic E-state index is 14.8. The normalized spacial score (nSPS) is 10.8. The van der Waals surface area contributed by atoms with Gasteiger partial charge in [-0.25, -0.2) is 9.37 Å². The predicted octanol–water partition coefficient (Wildman–Crippen LogP) is 4.39. The smallest absolute Gasteiger partial charge is 0.316 e. The third kappa shape index (κ3) is 4.99. The van der Waals surface area contributed by atoms with E-state index >= 15 is 0 Å². The number of methoxy groups -OCH3 is 3. The van der Waals surface area contributed by atoms with Gasteiger partial charge in [0.25, 0.3) is 5.56 Å². The summed E-state index contributed by atoms with van der Waals surface area (Å²) in [6, 6.07) is 16.5. The minimum atomic E-state index is -0.623. The zero-order valence-electron chi connectivity index (χ0n) is 19.8. The van der Waals surface area contributed by atoms with Gasteiger partial charge in [0.2, 0.25) is 5.75 Å². The molecule has 0 aliphatic carbocycles. The van der Waals surface area contributed by atoms with Crippen LogP contribution in [0.15, 0.2) is 70.6 Å². The molecular formula is C26H23FN2O6S. The topological polar surface area (TPSA) is 88.9 Å². The Kier molecular flexibility index (Phi) is 7.74. The number of nitrogens with zero attached hydrogens (tertiary/aromatic N) is 2. The van der Waals surface area contributed by atoms with Crippen LogP contribution < -0.4 is 19.8 Å². The Morgan fingerprint density at radius 3 is 2.33 bits per heavy atom. The molecule has 1 heterocycles. The first-order valence-electron chi connectivity index (χ1n) is 10.8. The number of hydrogen-bond acceptors (Lipinski definition) is 8. The third-order valence-electron chi connectivity index (χ3n) is 5.29. The molecule has 4 aromatic rings. The fourth-order valence-corrected chi connectivity index (χ4v) is 4.41. The van der Waals surface area contributed by atoms with Crippen LogP contribution in [0, 0.1) is 5.82 Å². The lowest BCUT2D eigenvalue weighted by Gasteiger charge is -2.17. The number of thioether (sulfide) groups is 1. The second-order valence-electron chi connectivity index (χ2n) is 7.46. The van der Waals surface area contributed by atoms with Gasteiger partial charge in [0.05, 0.1) is 38.2 Å². The van der Waals surface area contributed by atoms with E-state index < -0.39 is 17.3 Å². The largest absolute Gasteiger partial charge is 0.493 e. The molecular weight excluding hydrogens is 487 g/mol. The number of ether oxygens (including phenoxy) is 4. The van der Waals surface area contributed by atoms with Crippen LogP contribution in [0.4, 0.5) is 4.39 Å². The molecule has 3 aromatic carbocycles. The second kappa shape index (κ2) is 11.1. The molecule has 10 heteroatoms. The Balaban J connectivity index is 1.79. The third-order valence-corrected chi connectivity index (χ3v) is 6.20. The lowest BCUT2D eigenvalue weighted by atomic mass is 10.2. The summed E-state index contributed by atoms with van der Waals surface area (Å²) in [5.41, 5.74) is 0.455. The first-order chi connectivity index (χ1) is 17.5. The summed E-state index contributed by atoms with van der Waals surface area (Å²) in [7, 11) is 4.27. The molecule has 8 nitrogen and oxygen atoms in total. The van der Waals surface area contributed by atoms with E-state index in [9.17, 15) is 14.0 Å². The minimum absolute atomic E-state index is 0.00851. The summed E-state index contributed by atoms with van der Waals surface area (Å²) < 4.78 is 37.5. The lowest BCUT2D eigenvalue weighted by Crippen LogP contribution is -2.23. The van der Waals surface area contributed by atoms with Gasteiger partial charge in [0.15, 0.2) is 16.7 Å². The second-order valence-corrected chi connectivity index (χ2v) is 8.41. The summed E-state index contributed by atoms with van der Waals surface area (Å²) in [5, 5.41) is 0.212. The molecule has 0 spiro atoms. The molecule has 0 aliphatic rings. The highest BCUT2D eigenvalue weighted by molar-refractivity contribution is 7.99. The molecule has 0 amide bonds. The number of fused-ring (bicyclic) bond motifs is 1. The van der Waals surface area contributed by atoms with Crippen molar-refractivity contribution in [2.24, 2.45) is 0 Å². The molecule has 0 radical (unpaired) electrons. The number of carbonyl (C=O) groups is 1. The molecule has 0 atom stereocenters. The maximum atomic E-state index is 14.8. The Bertz CT molecular complexity index is 1460. The number of halogens is 1. The van der Waals surface area contributed by atoms with Crippen LogP contribution in [0.25, 0.3) is 16.6 Å². The Morgan fingerprint density at radius 2 is 1.67 bits per heavy atom. The van der Waals surface area contributed by atoms with Gasteiger partial charge >= 0.3 is 5.97 Å². The van der Waals surface area contributed by atoms with E-state index in [1.807, 2.05) is 30.3 Å². The van der Waals surface area contributed by atoms with E-state index in [1.165, 1.54) is 45.6 Å². The number of carbonyl (C=O) groups excluding carboxylic acids is 1. The van der Waals surface area contributed by atoms with Crippen molar-refractivity contribution in [3.05, 3.63) is 82.4 Å². The summed E-state index contributed by atoms with van der Waals surface area (Å²) in [6.45, 7) is 0.107. The number of rotatable bonds is 9. The molecule has 0 saturated heterocycles. The molecule has 36 heavy (non-hydrogen) atoms. The van der Waals surface area contributed by atoms with E-state index in [1.54, 1.807) is 6.07 Å². The number of hydrogen-bond donors (Lipinski definition) is 0. The molecule has 186 valence electrons. The molecule has 0 aliphatic heterocycles. The molecule has 0 fully saturated rings. The van der Waals surface area contributed by atoms with Gasteiger partial charge in [0, 0.05) is 0 Å². The molecule has 0 saturated carbocycles. The SMILES string of the molecule is COc1cc2c(=O)n(-c3ccccc3F)c(SCC(=O)OCc3ccccc3)nc2c(OC)c1OC. The van der Waals surface area contributed by atoms with Gasteiger partial charge in [-0.2, -0.15) is 0 Å². The van der Waals surface area contributed by atoms with Crippen LogP contribution in [0.2, 0.25) is 0 Å². The van der Waals surface area contributed by atoms with E-state index in [0.717, 1.165) is 21.9 Å². The van der Waals surface area contributed by atoms with Crippen molar-refractivity contribution in [1.29, 1.82) is 0 Å². The van der Waals surface area contributed by atoms with E-state index in [-0.39, 0.29) is 51.4 Å². The summed E-state index contributed by atoms with van der Waals surface area (Å²) >= 11 is 0.948. The molecule has 0 bridgehead atoms. The van der Waals surface area contributed by atoms with Crippen LogP contribution in [0.3, 0.4) is 0 Å². The van der Waals surface area contributed by atoms with Crippen molar-refractivity contribution in [1.82, 2.24) is 9.55 Å². The standard InChI is InChI=1S/C26H23FN2O6S/c1-32-20-13-17-22(24(34-3)23(20)33-2)28-26(29(25(17)31)19-12-8-7-11-18(19)27)36-15-21(30)35-14-16-9-5-4-6-10-16/h4-13H,14-15H2,1-3H3. The van der Waals surface area contributed by atoms with Crippen LogP contribution in [-0.2, 0) is 16.1 Å². The van der Waals surface area contributed by atoms with Crippen LogP contribution in [-0.4, -0.2) is 42.6 Å². The van der Waals surface area contributed by atoms with E-state index in [0.29, 0.717) is 0 Å². The summed E-state index contributed by atoms with van der Waals surface area (Å²) in [4.78, 5) is 30.7. The van der Waals surface area contributed by atoms with Crippen LogP contribution in [0.1, 0.15) is 5.56 Å². The number of para-hydroxylation sites is 1. The van der Waals surface area contributed by atoms with Crippen LogP contribution in [0.5, 0.6) is 17.2 Å². The van der Waals surface area contributed by atoms with Gasteiger partial charge in [0.1, 0.15) is 17.9 Å². The van der Waals surface area contributed by atoms with E-state index in [2.05, 4.69) is 4.98 Å². The van der Waals surface area contributed by atoms with Crippen molar-refractivity contribution in [2.45, 2.75) is 11.8 Å². The fraction of sp³-hybridized carbons (Fsp3) is 0.192. The minimum Gasteiger partial charge on any atom is -0.493 e. The van der Waals surface area contributed by atoms with E-state index in [4.69, 9.17) is 18.9 Å². The zero-order valence-corrected chi connectivity index (χ0v) is 20.6. The van der Waals surface area contributed by atoms with Crippen molar-refractivity contribution < 1.29 is 28.1 Å². The van der Waals surface area contributed by atoms with Crippen LogP contribution >= 0.6 is 11.8 Å². The molecule has 1 aromatic heterocycles. The van der Waals surface area contributed by atoms with Gasteiger partial charge in [-0.15, -0.1) is 0 Å². The first-order valence-corrected chi connectivity index (χ1v) is 11.8. The van der Waals surface area contributed by atoms with Gasteiger partial charge in [-0.05, 0) is 23.8 Å². The average Bonchev–Trinajstić information content (AvgIpc) is 2.91. The van der Waals surface area contributed by atoms with Gasteiger partial charge in [-0.1, -0.05) is 54.2 Å². The fourth-order valence-electron chi connectivity index (χ4n) is 3.61. The monoisotopic (exact) mass is 510 g/mol. The number of aromatic nitrogens is 2. The highest BCUT2D eigenvalue weighted by Gasteiger charge is 2.24. The average molecular weight is 511 g/mol. The van der Waals surface area contributed by atoms with Crippen molar-refractivity contribution in [3.8, 4) is 22.9 Å². The van der Waals surface area contributed by atoms with Crippen molar-refractivity contribution in [3.63, 3.8) is 0 Å². The molecule has 0 unspecified atom stereocenters. The van der Waals surface area contributed by atoms with Crippen molar-refractivity contribution in [2.75, 3.05) is 27.1 Å². The Hall–Kier alpha value is -4.05. The zero-order chi connectivity index (χ0) is 25.7. The Morgan fingerprint density at radius 1 is 0.972 bits per heavy atom. The lowest BCUT2D eigenvalue weighted by molar-refractivity contribution is -0.141. The predicted molar refractivity (Wildman–Crippen MR) is 134 cm³/mol. The quantitative estimate of drug-likeness (QED) is 0.186. The summed E-state index contributed by atoms with van der Waals surface area (Å²) in [6.07, 6.45) is 0.